The highest BCUT2D eigenvalue weighted by molar-refractivity contribution is 5.65. The smallest absolute Gasteiger partial charge is 0.109 e. The minimum Gasteiger partial charge on any atom is -0.399 e. The number of benzene rings is 1. The number of nitrogens with zero attached hydrogens (tertiary/aromatic N) is 2. The summed E-state index contributed by atoms with van der Waals surface area (Å²) in [6.07, 6.45) is 3.53. The van der Waals surface area contributed by atoms with Crippen LogP contribution >= 0.6 is 0 Å². The summed E-state index contributed by atoms with van der Waals surface area (Å²) in [5.74, 6) is 0. The molecule has 4 heteroatoms. The quantitative estimate of drug-likeness (QED) is 0.780. The van der Waals surface area contributed by atoms with Crippen LogP contribution in [-0.4, -0.2) is 16.5 Å². The predicted octanol–water partition coefficient (Wildman–Crippen LogP) is 2.10. The zero-order valence-electron chi connectivity index (χ0n) is 8.23. The Morgan fingerprint density at radius 1 is 1.33 bits per heavy atom. The van der Waals surface area contributed by atoms with Crippen LogP contribution in [0.2, 0.25) is 0 Å². The number of hydrogen-bond acceptors (Lipinski definition) is 2. The topological polar surface area (TPSA) is 43.8 Å². The van der Waals surface area contributed by atoms with Crippen LogP contribution in [0.25, 0.3) is 11.1 Å². The molecule has 0 radical (unpaired) electrons. The highest BCUT2D eigenvalue weighted by Gasteiger charge is 2.01. The molecule has 0 atom stereocenters. The first-order chi connectivity index (χ1) is 7.29. The average molecular weight is 205 g/mol. The number of alkyl halides is 1. The van der Waals surface area contributed by atoms with E-state index in [0.29, 0.717) is 12.2 Å². The highest BCUT2D eigenvalue weighted by atomic mass is 19.1. The number of nitrogen functional groups attached to an aromatic ring is 1. The molecule has 1 heterocycles. The lowest BCUT2D eigenvalue weighted by Crippen LogP contribution is -1.98. The van der Waals surface area contributed by atoms with Crippen molar-refractivity contribution in [2.45, 2.75) is 6.54 Å². The van der Waals surface area contributed by atoms with Crippen LogP contribution in [0.5, 0.6) is 0 Å². The van der Waals surface area contributed by atoms with Crippen LogP contribution < -0.4 is 5.73 Å². The Labute approximate surface area is 87.3 Å². The molecule has 1 aromatic heterocycles. The van der Waals surface area contributed by atoms with Gasteiger partial charge in [0.1, 0.15) is 6.67 Å². The van der Waals surface area contributed by atoms with Crippen molar-refractivity contribution in [3.05, 3.63) is 36.7 Å². The molecule has 0 fully saturated rings. The standard InChI is InChI=1S/C11H12FN3/c12-4-5-15-8-10(7-14-15)9-2-1-3-11(13)6-9/h1-3,6-8H,4-5,13H2. The second-order valence-electron chi connectivity index (χ2n) is 3.31. The van der Waals surface area contributed by atoms with Gasteiger partial charge in [-0.15, -0.1) is 0 Å². The van der Waals surface area contributed by atoms with Gasteiger partial charge in [-0.3, -0.25) is 4.68 Å². The van der Waals surface area contributed by atoms with Crippen molar-refractivity contribution in [2.75, 3.05) is 12.4 Å². The van der Waals surface area contributed by atoms with Crippen molar-refractivity contribution < 1.29 is 4.39 Å². The van der Waals surface area contributed by atoms with Crippen LogP contribution in [0.4, 0.5) is 10.1 Å². The normalized spacial score (nSPS) is 10.5. The van der Waals surface area contributed by atoms with E-state index in [9.17, 15) is 4.39 Å². The van der Waals surface area contributed by atoms with Crippen LogP contribution in [0.15, 0.2) is 36.7 Å². The van der Waals surface area contributed by atoms with Crippen LogP contribution in [0, 0.1) is 0 Å². The molecule has 2 N–H and O–H groups in total. The van der Waals surface area contributed by atoms with Crippen molar-refractivity contribution in [3.8, 4) is 11.1 Å². The van der Waals surface area contributed by atoms with E-state index in [0.717, 1.165) is 11.1 Å². The van der Waals surface area contributed by atoms with Crippen LogP contribution in [-0.2, 0) is 6.54 Å². The Hall–Kier alpha value is -1.84. The van der Waals surface area contributed by atoms with E-state index in [1.807, 2.05) is 30.5 Å². The molecule has 0 saturated heterocycles. The van der Waals surface area contributed by atoms with E-state index < -0.39 is 6.67 Å². The molecule has 0 aliphatic carbocycles. The van der Waals surface area contributed by atoms with E-state index in [-0.39, 0.29) is 0 Å². The highest BCUT2D eigenvalue weighted by Crippen LogP contribution is 2.20. The van der Waals surface area contributed by atoms with Crippen molar-refractivity contribution >= 4 is 5.69 Å². The Bertz CT molecular complexity index is 451. The number of nitrogens with two attached hydrogens (primary N) is 1. The zero-order chi connectivity index (χ0) is 10.7. The fourth-order valence-corrected chi connectivity index (χ4v) is 1.44. The SMILES string of the molecule is Nc1cccc(-c2cnn(CCF)c2)c1. The van der Waals surface area contributed by atoms with Gasteiger partial charge in [0.15, 0.2) is 0 Å². The maximum atomic E-state index is 12.1. The first-order valence-electron chi connectivity index (χ1n) is 4.74. The third kappa shape index (κ3) is 2.15. The van der Waals surface area contributed by atoms with E-state index in [4.69, 9.17) is 5.73 Å². The molecule has 0 unspecified atom stereocenters. The summed E-state index contributed by atoms with van der Waals surface area (Å²) in [6, 6.07) is 7.54. The lowest BCUT2D eigenvalue weighted by Gasteiger charge is -1.98. The fourth-order valence-electron chi connectivity index (χ4n) is 1.44. The van der Waals surface area contributed by atoms with Crippen molar-refractivity contribution in [2.24, 2.45) is 0 Å². The Morgan fingerprint density at radius 2 is 2.20 bits per heavy atom. The molecule has 2 aromatic rings. The van der Waals surface area contributed by atoms with Crippen molar-refractivity contribution in [3.63, 3.8) is 0 Å². The molecule has 0 spiro atoms. The molecule has 0 amide bonds. The summed E-state index contributed by atoms with van der Waals surface area (Å²) < 4.78 is 13.7. The van der Waals surface area contributed by atoms with Gasteiger partial charge in [0.05, 0.1) is 12.7 Å². The van der Waals surface area contributed by atoms with Crippen molar-refractivity contribution in [1.29, 1.82) is 0 Å². The van der Waals surface area contributed by atoms with E-state index in [2.05, 4.69) is 5.10 Å². The summed E-state index contributed by atoms with van der Waals surface area (Å²) in [5.41, 5.74) is 8.34. The molecular formula is C11H12FN3. The molecule has 15 heavy (non-hydrogen) atoms. The number of aromatic nitrogens is 2. The first kappa shape index (κ1) is 9.71. The molecule has 0 aliphatic heterocycles. The number of halogens is 1. The van der Waals surface area contributed by atoms with Gasteiger partial charge >= 0.3 is 0 Å². The second-order valence-corrected chi connectivity index (χ2v) is 3.31. The first-order valence-corrected chi connectivity index (χ1v) is 4.74. The lowest BCUT2D eigenvalue weighted by molar-refractivity contribution is 0.427. The van der Waals surface area contributed by atoms with Gasteiger partial charge in [-0.1, -0.05) is 12.1 Å². The number of rotatable bonds is 3. The van der Waals surface area contributed by atoms with Crippen LogP contribution in [0.1, 0.15) is 0 Å². The Morgan fingerprint density at radius 3 is 2.93 bits per heavy atom. The largest absolute Gasteiger partial charge is 0.399 e. The molecule has 2 rings (SSSR count). The Balaban J connectivity index is 2.29. The average Bonchev–Trinajstić information content (AvgIpc) is 2.67. The van der Waals surface area contributed by atoms with Gasteiger partial charge in [-0.2, -0.15) is 5.10 Å². The van der Waals surface area contributed by atoms with Gasteiger partial charge in [-0.25, -0.2) is 4.39 Å². The second kappa shape index (κ2) is 4.13. The number of hydrogen-bond donors (Lipinski definition) is 1. The van der Waals surface area contributed by atoms with E-state index in [1.54, 1.807) is 10.9 Å². The molecule has 0 saturated carbocycles. The summed E-state index contributed by atoms with van der Waals surface area (Å²) >= 11 is 0. The van der Waals surface area contributed by atoms with Gasteiger partial charge in [0.25, 0.3) is 0 Å². The number of anilines is 1. The summed E-state index contributed by atoms with van der Waals surface area (Å²) in [4.78, 5) is 0. The molecular weight excluding hydrogens is 193 g/mol. The van der Waals surface area contributed by atoms with Gasteiger partial charge in [-0.05, 0) is 17.7 Å². The molecule has 1 aromatic carbocycles. The molecule has 0 aliphatic rings. The maximum Gasteiger partial charge on any atom is 0.109 e. The summed E-state index contributed by atoms with van der Waals surface area (Å²) in [7, 11) is 0. The summed E-state index contributed by atoms with van der Waals surface area (Å²) in [5, 5.41) is 4.05. The van der Waals surface area contributed by atoms with Crippen LogP contribution in [0.3, 0.4) is 0 Å². The van der Waals surface area contributed by atoms with Gasteiger partial charge in [0, 0.05) is 17.4 Å². The van der Waals surface area contributed by atoms with E-state index in [1.165, 1.54) is 0 Å². The minimum absolute atomic E-state index is 0.294. The fraction of sp³-hybridized carbons (Fsp3) is 0.182. The Kier molecular flexibility index (Phi) is 2.67. The third-order valence-corrected chi connectivity index (χ3v) is 2.17. The maximum absolute atomic E-state index is 12.1. The molecule has 3 nitrogen and oxygen atoms in total. The molecule has 0 bridgehead atoms. The zero-order valence-corrected chi connectivity index (χ0v) is 8.23. The van der Waals surface area contributed by atoms with Gasteiger partial charge < -0.3 is 5.73 Å². The van der Waals surface area contributed by atoms with Gasteiger partial charge in [0.2, 0.25) is 0 Å². The number of aryl methyl sites for hydroxylation is 1. The minimum atomic E-state index is -0.405. The predicted molar refractivity (Wildman–Crippen MR) is 58.1 cm³/mol. The summed E-state index contributed by atoms with van der Waals surface area (Å²) in [6.45, 7) is -0.111. The van der Waals surface area contributed by atoms with E-state index >= 15 is 0 Å². The monoisotopic (exact) mass is 205 g/mol. The van der Waals surface area contributed by atoms with Crippen molar-refractivity contribution in [1.82, 2.24) is 9.78 Å². The third-order valence-electron chi connectivity index (χ3n) is 2.17. The lowest BCUT2D eigenvalue weighted by atomic mass is 10.1. The molecule has 78 valence electrons.